The first-order valence-corrected chi connectivity index (χ1v) is 5.95. The van der Waals surface area contributed by atoms with Crippen molar-refractivity contribution in [1.29, 1.82) is 0 Å². The number of carbonyl (C=O) groups is 1. The minimum Gasteiger partial charge on any atom is -0.463 e. The summed E-state index contributed by atoms with van der Waals surface area (Å²) in [5.74, 6) is -0.281. The lowest BCUT2D eigenvalue weighted by Crippen LogP contribution is -2.33. The highest BCUT2D eigenvalue weighted by molar-refractivity contribution is 6.07. The Bertz CT molecular complexity index is 678. The van der Waals surface area contributed by atoms with Gasteiger partial charge in [0.1, 0.15) is 5.70 Å². The van der Waals surface area contributed by atoms with Gasteiger partial charge in [0, 0.05) is 11.3 Å². The van der Waals surface area contributed by atoms with Crippen molar-refractivity contribution in [3.63, 3.8) is 0 Å². The molecule has 0 fully saturated rings. The van der Waals surface area contributed by atoms with Crippen LogP contribution in [0, 0.1) is 0 Å². The van der Waals surface area contributed by atoms with Gasteiger partial charge >= 0.3 is 0 Å². The molecule has 0 radical (unpaired) electrons. The quantitative estimate of drug-likeness (QED) is 0.634. The van der Waals surface area contributed by atoms with Crippen molar-refractivity contribution in [1.82, 2.24) is 5.48 Å². The minimum atomic E-state index is -1.87. The van der Waals surface area contributed by atoms with Gasteiger partial charge in [0.2, 0.25) is 0 Å². The van der Waals surface area contributed by atoms with Crippen molar-refractivity contribution in [2.24, 2.45) is 0 Å². The number of fused-ring (bicyclic) bond motifs is 1. The van der Waals surface area contributed by atoms with E-state index in [0.717, 1.165) is 0 Å². The van der Waals surface area contributed by atoms with E-state index in [4.69, 9.17) is 4.42 Å². The van der Waals surface area contributed by atoms with E-state index in [-0.39, 0.29) is 5.70 Å². The van der Waals surface area contributed by atoms with Crippen LogP contribution in [0.2, 0.25) is 0 Å². The number of hydrogen-bond donors (Lipinski definition) is 4. The summed E-state index contributed by atoms with van der Waals surface area (Å²) in [5.41, 5.74) is 1.13. The maximum Gasteiger partial charge on any atom is 0.265 e. The average Bonchev–Trinajstić information content (AvgIpc) is 3.06. The first kappa shape index (κ1) is 12.5. The highest BCUT2D eigenvalue weighted by Crippen LogP contribution is 2.38. The van der Waals surface area contributed by atoms with Gasteiger partial charge in [0.25, 0.3) is 5.91 Å². The van der Waals surface area contributed by atoms with Gasteiger partial charge in [-0.3, -0.25) is 15.5 Å². The Kier molecular flexibility index (Phi) is 2.81. The molecule has 6 heteroatoms. The van der Waals surface area contributed by atoms with Crippen molar-refractivity contribution in [3.05, 3.63) is 60.1 Å². The van der Waals surface area contributed by atoms with Crippen LogP contribution in [0.4, 0.5) is 5.69 Å². The van der Waals surface area contributed by atoms with Crippen LogP contribution in [0.1, 0.15) is 11.3 Å². The number of benzene rings is 1. The SMILES string of the molecule is O=C1Nc2ccccc2C1(O)C=C(NO)c1ccco1. The first-order valence-electron chi connectivity index (χ1n) is 5.95. The summed E-state index contributed by atoms with van der Waals surface area (Å²) in [6.45, 7) is 0. The summed E-state index contributed by atoms with van der Waals surface area (Å²) in [7, 11) is 0. The Morgan fingerprint density at radius 3 is 2.80 bits per heavy atom. The summed E-state index contributed by atoms with van der Waals surface area (Å²) in [6.07, 6.45) is 2.64. The summed E-state index contributed by atoms with van der Waals surface area (Å²) >= 11 is 0. The molecule has 3 rings (SSSR count). The maximum atomic E-state index is 12.0. The second-order valence-electron chi connectivity index (χ2n) is 4.41. The number of rotatable bonds is 3. The standard InChI is InChI=1S/C14H12N2O4/c17-13-14(18,9-4-1-2-5-10(9)15-13)8-11(16-19)12-6-3-7-20-12/h1-8,16,18-19H,(H,15,17). The van der Waals surface area contributed by atoms with Crippen LogP contribution in [-0.2, 0) is 10.4 Å². The number of anilines is 1. The molecule has 1 aromatic heterocycles. The molecule has 0 saturated heterocycles. The summed E-state index contributed by atoms with van der Waals surface area (Å²) in [4.78, 5) is 12.0. The Hall–Kier alpha value is -2.57. The van der Waals surface area contributed by atoms with Crippen molar-refractivity contribution in [2.45, 2.75) is 5.60 Å². The highest BCUT2D eigenvalue weighted by Gasteiger charge is 2.44. The Balaban J connectivity index is 2.11. The van der Waals surface area contributed by atoms with E-state index in [1.165, 1.54) is 12.3 Å². The van der Waals surface area contributed by atoms with E-state index in [1.54, 1.807) is 36.4 Å². The van der Waals surface area contributed by atoms with Crippen molar-refractivity contribution in [2.75, 3.05) is 5.32 Å². The van der Waals surface area contributed by atoms with E-state index in [0.29, 0.717) is 17.0 Å². The number of nitrogens with one attached hydrogen (secondary N) is 2. The molecule has 0 bridgehead atoms. The molecule has 20 heavy (non-hydrogen) atoms. The lowest BCUT2D eigenvalue weighted by Gasteiger charge is -2.17. The zero-order valence-corrected chi connectivity index (χ0v) is 10.3. The summed E-state index contributed by atoms with van der Waals surface area (Å²) in [6, 6.07) is 10.0. The van der Waals surface area contributed by atoms with Gasteiger partial charge in [0.05, 0.1) is 6.26 Å². The largest absolute Gasteiger partial charge is 0.463 e. The van der Waals surface area contributed by atoms with E-state index in [9.17, 15) is 15.1 Å². The van der Waals surface area contributed by atoms with E-state index < -0.39 is 11.5 Å². The lowest BCUT2D eigenvalue weighted by atomic mass is 9.94. The average molecular weight is 272 g/mol. The fourth-order valence-electron chi connectivity index (χ4n) is 2.21. The highest BCUT2D eigenvalue weighted by atomic mass is 16.5. The molecule has 6 nitrogen and oxygen atoms in total. The molecular formula is C14H12N2O4. The topological polar surface area (TPSA) is 94.7 Å². The normalized spacial score (nSPS) is 21.5. The van der Waals surface area contributed by atoms with Gasteiger partial charge in [-0.1, -0.05) is 18.2 Å². The zero-order chi connectivity index (χ0) is 14.2. The molecule has 1 aliphatic rings. The summed E-state index contributed by atoms with van der Waals surface area (Å²) in [5, 5.41) is 22.4. The van der Waals surface area contributed by atoms with Gasteiger partial charge in [-0.25, -0.2) is 0 Å². The maximum absolute atomic E-state index is 12.0. The Morgan fingerprint density at radius 1 is 1.30 bits per heavy atom. The van der Waals surface area contributed by atoms with Gasteiger partial charge in [-0.15, -0.1) is 0 Å². The number of carbonyl (C=O) groups excluding carboxylic acids is 1. The molecule has 1 aromatic carbocycles. The molecule has 4 N–H and O–H groups in total. The number of aliphatic hydroxyl groups is 1. The molecule has 0 saturated carbocycles. The third-order valence-corrected chi connectivity index (χ3v) is 3.19. The molecule has 1 unspecified atom stereocenters. The molecule has 1 atom stereocenters. The molecule has 2 aromatic rings. The molecular weight excluding hydrogens is 260 g/mol. The first-order chi connectivity index (χ1) is 9.65. The Labute approximate surface area is 114 Å². The van der Waals surface area contributed by atoms with Crippen molar-refractivity contribution in [3.8, 4) is 0 Å². The lowest BCUT2D eigenvalue weighted by molar-refractivity contribution is -0.129. The molecule has 1 aliphatic heterocycles. The third kappa shape index (κ3) is 1.78. The molecule has 0 aliphatic carbocycles. The predicted octanol–water partition coefficient (Wildman–Crippen LogP) is 1.44. The van der Waals surface area contributed by atoms with Crippen molar-refractivity contribution >= 4 is 17.3 Å². The summed E-state index contributed by atoms with van der Waals surface area (Å²) < 4.78 is 5.13. The Morgan fingerprint density at radius 2 is 2.10 bits per heavy atom. The molecule has 2 heterocycles. The second-order valence-corrected chi connectivity index (χ2v) is 4.41. The number of hydroxylamine groups is 1. The van der Waals surface area contributed by atoms with Gasteiger partial charge < -0.3 is 14.8 Å². The fraction of sp³-hybridized carbons (Fsp3) is 0.0714. The van der Waals surface area contributed by atoms with Gasteiger partial charge in [-0.2, -0.15) is 0 Å². The van der Waals surface area contributed by atoms with Crippen LogP contribution < -0.4 is 10.8 Å². The van der Waals surface area contributed by atoms with Crippen LogP contribution in [0.5, 0.6) is 0 Å². The van der Waals surface area contributed by atoms with E-state index in [1.807, 2.05) is 5.48 Å². The smallest absolute Gasteiger partial charge is 0.265 e. The molecule has 0 spiro atoms. The fourth-order valence-corrected chi connectivity index (χ4v) is 2.21. The monoisotopic (exact) mass is 272 g/mol. The van der Waals surface area contributed by atoms with Crippen molar-refractivity contribution < 1.29 is 19.5 Å². The van der Waals surface area contributed by atoms with E-state index >= 15 is 0 Å². The second kappa shape index (κ2) is 4.52. The number of amides is 1. The molecule has 1 amide bonds. The van der Waals surface area contributed by atoms with Gasteiger partial charge in [0.15, 0.2) is 11.4 Å². The third-order valence-electron chi connectivity index (χ3n) is 3.19. The van der Waals surface area contributed by atoms with Crippen LogP contribution in [0.15, 0.2) is 53.2 Å². The van der Waals surface area contributed by atoms with Crippen LogP contribution in [0.25, 0.3) is 5.70 Å². The van der Waals surface area contributed by atoms with Gasteiger partial charge in [-0.05, 0) is 24.3 Å². The van der Waals surface area contributed by atoms with E-state index in [2.05, 4.69) is 5.32 Å². The molecule has 102 valence electrons. The number of furan rings is 1. The predicted molar refractivity (Wildman–Crippen MR) is 70.6 cm³/mol. The number of para-hydroxylation sites is 1. The van der Waals surface area contributed by atoms with Crippen LogP contribution in [-0.4, -0.2) is 16.2 Å². The minimum absolute atomic E-state index is 0.101. The van der Waals surface area contributed by atoms with Crippen LogP contribution >= 0.6 is 0 Å². The number of hydrogen-bond acceptors (Lipinski definition) is 5. The van der Waals surface area contributed by atoms with Crippen LogP contribution in [0.3, 0.4) is 0 Å². The zero-order valence-electron chi connectivity index (χ0n) is 10.3.